The lowest BCUT2D eigenvalue weighted by Crippen LogP contribution is -2.18. The standard InChI is InChI=1S/C29H45F3/c1-2-3-4-5-6-7-22-8-10-23(11-9-22)12-13-24-14-16-25(17-15-24)18-19-26-20-27(30)29(32)28(31)21-26/h20-25H,2-19H2,1H3/t22-,23-,24-,25-. The Morgan fingerprint density at radius 1 is 0.594 bits per heavy atom. The molecule has 2 aliphatic carbocycles. The fourth-order valence-electron chi connectivity index (χ4n) is 6.25. The van der Waals surface area contributed by atoms with Crippen LogP contribution in [0, 0.1) is 41.1 Å². The summed E-state index contributed by atoms with van der Waals surface area (Å²) in [7, 11) is 0. The van der Waals surface area contributed by atoms with Crippen LogP contribution in [0.1, 0.15) is 122 Å². The lowest BCUT2D eigenvalue weighted by Gasteiger charge is -2.32. The fourth-order valence-corrected chi connectivity index (χ4v) is 6.25. The average Bonchev–Trinajstić information content (AvgIpc) is 2.81. The number of hydrogen-bond acceptors (Lipinski definition) is 0. The summed E-state index contributed by atoms with van der Waals surface area (Å²) >= 11 is 0. The first-order chi connectivity index (χ1) is 15.5. The zero-order chi connectivity index (χ0) is 22.8. The number of aryl methyl sites for hydroxylation is 1. The number of unbranched alkanes of at least 4 members (excludes halogenated alkanes) is 4. The van der Waals surface area contributed by atoms with Crippen LogP contribution in [0.25, 0.3) is 0 Å². The summed E-state index contributed by atoms with van der Waals surface area (Å²) in [4.78, 5) is 0. The van der Waals surface area contributed by atoms with Crippen LogP contribution in [0.3, 0.4) is 0 Å². The summed E-state index contributed by atoms with van der Waals surface area (Å²) in [6.45, 7) is 2.29. The van der Waals surface area contributed by atoms with Gasteiger partial charge in [-0.2, -0.15) is 0 Å². The summed E-state index contributed by atoms with van der Waals surface area (Å²) in [6, 6.07) is 2.32. The van der Waals surface area contributed by atoms with Crippen LogP contribution in [0.2, 0.25) is 0 Å². The molecular weight excluding hydrogens is 405 g/mol. The SMILES string of the molecule is CCCCCCC[C@H]1CC[C@H](CC[C@H]2CC[C@H](CCc3cc(F)c(F)c(F)c3)CC2)CC1. The molecule has 3 rings (SSSR count). The van der Waals surface area contributed by atoms with Crippen LogP contribution in [0.15, 0.2) is 12.1 Å². The minimum Gasteiger partial charge on any atom is -0.204 e. The minimum absolute atomic E-state index is 0.583. The van der Waals surface area contributed by atoms with Crippen LogP contribution in [-0.4, -0.2) is 0 Å². The predicted octanol–water partition coefficient (Wildman–Crippen LogP) is 9.79. The molecule has 0 unspecified atom stereocenters. The lowest BCUT2D eigenvalue weighted by molar-refractivity contribution is 0.208. The van der Waals surface area contributed by atoms with Crippen LogP contribution in [0.5, 0.6) is 0 Å². The Balaban J connectivity index is 1.24. The predicted molar refractivity (Wildman–Crippen MR) is 128 cm³/mol. The van der Waals surface area contributed by atoms with E-state index in [1.54, 1.807) is 0 Å². The van der Waals surface area contributed by atoms with Gasteiger partial charge in [-0.05, 0) is 54.2 Å². The molecule has 2 aliphatic rings. The third-order valence-corrected chi connectivity index (χ3v) is 8.52. The fraction of sp³-hybridized carbons (Fsp3) is 0.793. The van der Waals surface area contributed by atoms with E-state index in [-0.39, 0.29) is 0 Å². The Morgan fingerprint density at radius 2 is 1.03 bits per heavy atom. The molecule has 0 bridgehead atoms. The molecule has 0 saturated heterocycles. The molecule has 3 heteroatoms. The van der Waals surface area contributed by atoms with E-state index in [1.807, 2.05) is 0 Å². The van der Waals surface area contributed by atoms with Gasteiger partial charge in [0.25, 0.3) is 0 Å². The lowest BCUT2D eigenvalue weighted by atomic mass is 9.74. The van der Waals surface area contributed by atoms with Gasteiger partial charge in [0.05, 0.1) is 0 Å². The van der Waals surface area contributed by atoms with Gasteiger partial charge in [-0.3, -0.25) is 0 Å². The third-order valence-electron chi connectivity index (χ3n) is 8.52. The number of hydrogen-bond donors (Lipinski definition) is 0. The van der Waals surface area contributed by atoms with E-state index in [4.69, 9.17) is 0 Å². The molecule has 0 amide bonds. The van der Waals surface area contributed by atoms with E-state index in [2.05, 4.69) is 6.92 Å². The minimum atomic E-state index is -1.36. The molecule has 0 radical (unpaired) electrons. The van der Waals surface area contributed by atoms with Crippen LogP contribution < -0.4 is 0 Å². The molecule has 2 saturated carbocycles. The molecule has 0 aromatic heterocycles. The Kier molecular flexibility index (Phi) is 10.9. The van der Waals surface area contributed by atoms with Crippen molar-refractivity contribution < 1.29 is 13.2 Å². The normalized spacial score (nSPS) is 26.4. The van der Waals surface area contributed by atoms with E-state index in [9.17, 15) is 13.2 Å². The van der Waals surface area contributed by atoms with Crippen molar-refractivity contribution >= 4 is 0 Å². The largest absolute Gasteiger partial charge is 0.204 e. The van der Waals surface area contributed by atoms with Gasteiger partial charge in [0.1, 0.15) is 0 Å². The van der Waals surface area contributed by atoms with Crippen LogP contribution in [-0.2, 0) is 6.42 Å². The molecule has 1 aromatic rings. The molecule has 0 heterocycles. The summed E-state index contributed by atoms with van der Waals surface area (Å²) in [5.41, 5.74) is 0.583. The van der Waals surface area contributed by atoms with Gasteiger partial charge in [-0.15, -0.1) is 0 Å². The summed E-state index contributed by atoms with van der Waals surface area (Å²) in [5, 5.41) is 0. The maximum absolute atomic E-state index is 13.4. The quantitative estimate of drug-likeness (QED) is 0.219. The first-order valence-electron chi connectivity index (χ1n) is 13.7. The monoisotopic (exact) mass is 450 g/mol. The number of benzene rings is 1. The Labute approximate surface area is 194 Å². The van der Waals surface area contributed by atoms with E-state index in [0.29, 0.717) is 17.9 Å². The summed E-state index contributed by atoms with van der Waals surface area (Å²) in [5.74, 6) is 0.0109. The maximum atomic E-state index is 13.4. The van der Waals surface area contributed by atoms with E-state index < -0.39 is 17.5 Å². The number of halogens is 3. The van der Waals surface area contributed by atoms with Crippen molar-refractivity contribution in [3.05, 3.63) is 35.1 Å². The third kappa shape index (κ3) is 8.41. The van der Waals surface area contributed by atoms with Crippen molar-refractivity contribution in [1.82, 2.24) is 0 Å². The molecule has 2 fully saturated rings. The second kappa shape index (κ2) is 13.7. The summed E-state index contributed by atoms with van der Waals surface area (Å²) < 4.78 is 39.9. The van der Waals surface area contributed by atoms with Crippen molar-refractivity contribution in [3.8, 4) is 0 Å². The second-order valence-electron chi connectivity index (χ2n) is 11.0. The molecule has 0 atom stereocenters. The average molecular weight is 451 g/mol. The van der Waals surface area contributed by atoms with Crippen molar-refractivity contribution in [2.45, 2.75) is 122 Å². The Hall–Kier alpha value is -0.990. The summed E-state index contributed by atoms with van der Waals surface area (Å²) in [6.07, 6.45) is 23.9. The van der Waals surface area contributed by atoms with E-state index in [0.717, 1.165) is 36.3 Å². The van der Waals surface area contributed by atoms with E-state index in [1.165, 1.54) is 103 Å². The molecule has 0 spiro atoms. The molecular formula is C29H45F3. The molecule has 32 heavy (non-hydrogen) atoms. The van der Waals surface area contributed by atoms with Gasteiger partial charge in [0.2, 0.25) is 0 Å². The van der Waals surface area contributed by atoms with Gasteiger partial charge in [0, 0.05) is 0 Å². The molecule has 0 nitrogen and oxygen atoms in total. The zero-order valence-corrected chi connectivity index (χ0v) is 20.3. The molecule has 0 N–H and O–H groups in total. The van der Waals surface area contributed by atoms with Gasteiger partial charge in [-0.1, -0.05) is 110 Å². The first-order valence-corrected chi connectivity index (χ1v) is 13.7. The van der Waals surface area contributed by atoms with Gasteiger partial charge >= 0.3 is 0 Å². The van der Waals surface area contributed by atoms with Crippen LogP contribution in [0.4, 0.5) is 13.2 Å². The van der Waals surface area contributed by atoms with Gasteiger partial charge in [0.15, 0.2) is 17.5 Å². The van der Waals surface area contributed by atoms with Gasteiger partial charge in [-0.25, -0.2) is 13.2 Å². The smallest absolute Gasteiger partial charge is 0.194 e. The van der Waals surface area contributed by atoms with Crippen molar-refractivity contribution in [3.63, 3.8) is 0 Å². The second-order valence-corrected chi connectivity index (χ2v) is 11.0. The highest BCUT2D eigenvalue weighted by Crippen LogP contribution is 2.38. The van der Waals surface area contributed by atoms with Gasteiger partial charge < -0.3 is 0 Å². The Bertz CT molecular complexity index is 631. The van der Waals surface area contributed by atoms with Crippen molar-refractivity contribution in [2.24, 2.45) is 23.7 Å². The topological polar surface area (TPSA) is 0 Å². The van der Waals surface area contributed by atoms with Crippen LogP contribution >= 0.6 is 0 Å². The maximum Gasteiger partial charge on any atom is 0.194 e. The molecule has 1 aromatic carbocycles. The Morgan fingerprint density at radius 3 is 1.53 bits per heavy atom. The van der Waals surface area contributed by atoms with Crippen molar-refractivity contribution in [2.75, 3.05) is 0 Å². The first kappa shape index (κ1) is 25.6. The highest BCUT2D eigenvalue weighted by atomic mass is 19.2. The zero-order valence-electron chi connectivity index (χ0n) is 20.3. The highest BCUT2D eigenvalue weighted by molar-refractivity contribution is 5.19. The highest BCUT2D eigenvalue weighted by Gasteiger charge is 2.25. The van der Waals surface area contributed by atoms with Crippen molar-refractivity contribution in [1.29, 1.82) is 0 Å². The molecule has 0 aliphatic heterocycles. The number of rotatable bonds is 12. The molecule has 182 valence electrons. The van der Waals surface area contributed by atoms with E-state index >= 15 is 0 Å².